The molecule has 0 atom stereocenters. The Hall–Kier alpha value is -3.27. The van der Waals surface area contributed by atoms with Crippen LogP contribution in [0.15, 0.2) is 71.6 Å². The van der Waals surface area contributed by atoms with E-state index in [1.54, 1.807) is 43.5 Å². The van der Waals surface area contributed by atoms with E-state index < -0.39 is 16.1 Å². The monoisotopic (exact) mass is 526 g/mol. The van der Waals surface area contributed by atoms with E-state index in [0.29, 0.717) is 40.8 Å². The first kappa shape index (κ1) is 24.4. The van der Waals surface area contributed by atoms with Gasteiger partial charge in [-0.15, -0.1) is 0 Å². The minimum atomic E-state index is -4.19. The Balaban J connectivity index is 1.66. The lowest BCUT2D eigenvalue weighted by molar-refractivity contribution is 0.226. The van der Waals surface area contributed by atoms with Gasteiger partial charge >= 0.3 is 6.03 Å². The Labute approximate surface area is 216 Å². The molecule has 0 saturated carbocycles. The molecule has 3 aromatic rings. The number of carbonyl (C=O) groups excluding carboxylic acids is 1. The van der Waals surface area contributed by atoms with E-state index in [2.05, 4.69) is 5.32 Å². The maximum Gasteiger partial charge on any atom is 0.339 e. The van der Waals surface area contributed by atoms with E-state index in [1.165, 1.54) is 4.90 Å². The van der Waals surface area contributed by atoms with Crippen LogP contribution >= 0.6 is 11.6 Å². The Bertz CT molecular complexity index is 1380. The average Bonchev–Trinajstić information content (AvgIpc) is 2.90. The van der Waals surface area contributed by atoms with E-state index in [1.807, 2.05) is 35.2 Å². The fourth-order valence-corrected chi connectivity index (χ4v) is 6.57. The molecule has 10 heteroatoms. The van der Waals surface area contributed by atoms with E-state index in [0.717, 1.165) is 23.0 Å². The van der Waals surface area contributed by atoms with Crippen molar-refractivity contribution < 1.29 is 17.9 Å². The zero-order chi connectivity index (χ0) is 25.3. The van der Waals surface area contributed by atoms with Crippen LogP contribution in [0, 0.1) is 0 Å². The quantitative estimate of drug-likeness (QED) is 0.521. The van der Waals surface area contributed by atoms with Crippen molar-refractivity contribution in [3.63, 3.8) is 0 Å². The highest BCUT2D eigenvalue weighted by Crippen LogP contribution is 2.44. The number of hydrogen-bond acceptors (Lipinski definition) is 6. The number of carbonyl (C=O) groups is 1. The number of nitrogens with one attached hydrogen (secondary N) is 1. The summed E-state index contributed by atoms with van der Waals surface area (Å²) in [6.07, 6.45) is 0. The van der Waals surface area contributed by atoms with Crippen molar-refractivity contribution in [1.29, 1.82) is 0 Å². The number of urea groups is 1. The second-order valence-electron chi connectivity index (χ2n) is 8.73. The van der Waals surface area contributed by atoms with Crippen molar-refractivity contribution in [3.8, 4) is 5.75 Å². The second-order valence-corrected chi connectivity index (χ2v) is 11.0. The van der Waals surface area contributed by atoms with Crippen LogP contribution in [0.1, 0.15) is 11.1 Å². The van der Waals surface area contributed by atoms with Crippen molar-refractivity contribution in [1.82, 2.24) is 9.62 Å². The van der Waals surface area contributed by atoms with Gasteiger partial charge in [0, 0.05) is 31.2 Å². The zero-order valence-corrected chi connectivity index (χ0v) is 21.4. The molecule has 1 saturated heterocycles. The summed E-state index contributed by atoms with van der Waals surface area (Å²) >= 11 is 6.51. The first-order valence-corrected chi connectivity index (χ1v) is 13.5. The second kappa shape index (κ2) is 10.0. The number of piperazine rings is 1. The maximum atomic E-state index is 14.1. The van der Waals surface area contributed by atoms with E-state index >= 15 is 0 Å². The molecule has 5 rings (SSSR count). The lowest BCUT2D eigenvalue weighted by Gasteiger charge is -2.39. The maximum absolute atomic E-state index is 14.1. The van der Waals surface area contributed by atoms with Crippen molar-refractivity contribution in [3.05, 3.63) is 82.9 Å². The highest BCUT2D eigenvalue weighted by atomic mass is 35.5. The summed E-state index contributed by atoms with van der Waals surface area (Å²) in [6.45, 7) is 2.80. The summed E-state index contributed by atoms with van der Waals surface area (Å²) in [7, 11) is -2.65. The number of sulfonamides is 1. The molecule has 2 heterocycles. The van der Waals surface area contributed by atoms with Crippen LogP contribution in [0.4, 0.5) is 16.2 Å². The lowest BCUT2D eigenvalue weighted by atomic mass is 10.1. The van der Waals surface area contributed by atoms with Crippen LogP contribution in [-0.2, 0) is 23.1 Å². The van der Waals surface area contributed by atoms with Gasteiger partial charge in [-0.2, -0.15) is 0 Å². The van der Waals surface area contributed by atoms with E-state index in [-0.39, 0.29) is 18.0 Å². The number of methoxy groups -OCH3 is 1. The van der Waals surface area contributed by atoms with E-state index in [4.69, 9.17) is 16.3 Å². The molecule has 0 aromatic heterocycles. The van der Waals surface area contributed by atoms with Gasteiger partial charge in [0.15, 0.2) is 0 Å². The predicted molar refractivity (Wildman–Crippen MR) is 140 cm³/mol. The molecule has 8 nitrogen and oxygen atoms in total. The number of anilines is 2. The molecular formula is C26H27ClN4O4S. The molecule has 188 valence electrons. The van der Waals surface area contributed by atoms with Gasteiger partial charge in [0.25, 0.3) is 10.0 Å². The van der Waals surface area contributed by atoms with Crippen LogP contribution in [0.3, 0.4) is 0 Å². The smallest absolute Gasteiger partial charge is 0.339 e. The fourth-order valence-electron chi connectivity index (χ4n) is 4.63. The third-order valence-electron chi connectivity index (χ3n) is 6.40. The molecule has 0 spiro atoms. The fraction of sp³-hybridized carbons (Fsp3) is 0.269. The van der Waals surface area contributed by atoms with Crippen molar-refractivity contribution in [2.24, 2.45) is 0 Å². The summed E-state index contributed by atoms with van der Waals surface area (Å²) in [5.41, 5.74) is 2.33. The van der Waals surface area contributed by atoms with Gasteiger partial charge < -0.3 is 15.0 Å². The van der Waals surface area contributed by atoms with Gasteiger partial charge in [0.2, 0.25) is 0 Å². The van der Waals surface area contributed by atoms with Gasteiger partial charge in [-0.3, -0.25) is 4.90 Å². The van der Waals surface area contributed by atoms with Gasteiger partial charge in [0.05, 0.1) is 31.6 Å². The van der Waals surface area contributed by atoms with Crippen LogP contribution in [-0.4, -0.2) is 52.0 Å². The van der Waals surface area contributed by atoms with Crippen molar-refractivity contribution >= 4 is 39.0 Å². The zero-order valence-electron chi connectivity index (χ0n) is 19.9. The van der Waals surface area contributed by atoms with E-state index in [9.17, 15) is 13.2 Å². The van der Waals surface area contributed by atoms with Crippen molar-refractivity contribution in [2.45, 2.75) is 18.0 Å². The molecule has 2 aliphatic heterocycles. The number of amides is 2. The Kier molecular flexibility index (Phi) is 6.79. The predicted octanol–water partition coefficient (Wildman–Crippen LogP) is 4.09. The summed E-state index contributed by atoms with van der Waals surface area (Å²) < 4.78 is 34.5. The largest absolute Gasteiger partial charge is 0.497 e. The third kappa shape index (κ3) is 4.61. The van der Waals surface area contributed by atoms with Crippen LogP contribution in [0.2, 0.25) is 5.02 Å². The van der Waals surface area contributed by atoms with Crippen LogP contribution in [0.25, 0.3) is 0 Å². The normalized spacial score (nSPS) is 17.2. The topological polar surface area (TPSA) is 82.2 Å². The number of benzene rings is 3. The molecule has 3 aromatic carbocycles. The first-order chi connectivity index (χ1) is 17.4. The summed E-state index contributed by atoms with van der Waals surface area (Å²) in [5.74, 6) is 0.587. The first-order valence-electron chi connectivity index (χ1n) is 11.7. The number of ether oxygens (including phenoxy) is 1. The summed E-state index contributed by atoms with van der Waals surface area (Å²) in [5, 5.41) is 3.67. The number of nitrogens with zero attached hydrogens (tertiary/aromatic N) is 3. The minimum Gasteiger partial charge on any atom is -0.497 e. The molecule has 2 aliphatic rings. The number of hydrogen-bond donors (Lipinski definition) is 1. The van der Waals surface area contributed by atoms with Gasteiger partial charge in [-0.05, 0) is 35.4 Å². The Morgan fingerprint density at radius 3 is 2.33 bits per heavy atom. The molecule has 1 N–H and O–H groups in total. The molecule has 36 heavy (non-hydrogen) atoms. The van der Waals surface area contributed by atoms with Crippen molar-refractivity contribution in [2.75, 3.05) is 43.1 Å². The molecule has 0 aliphatic carbocycles. The molecule has 0 unspecified atom stereocenters. The average molecular weight is 527 g/mol. The minimum absolute atomic E-state index is 0.104. The number of halogens is 1. The number of fused-ring (bicyclic) bond motifs is 1. The standard InChI is InChI=1S/C26H27ClN4O4S/c1-35-22-9-5-8-20(14-22)18-31-26(32)30(17-19-6-3-2-4-7-19)24-16-21(27)15-23(25(24)36(31,33)34)29-12-10-28-11-13-29/h2-9,14-16,28H,10-13,17-18H2,1H3. The van der Waals surface area contributed by atoms with Crippen LogP contribution in [0.5, 0.6) is 5.75 Å². The summed E-state index contributed by atoms with van der Waals surface area (Å²) in [4.78, 5) is 17.5. The molecule has 2 amide bonds. The Morgan fingerprint density at radius 1 is 0.917 bits per heavy atom. The van der Waals surface area contributed by atoms with Gasteiger partial charge in [-0.25, -0.2) is 17.5 Å². The van der Waals surface area contributed by atoms with Gasteiger partial charge in [0.1, 0.15) is 10.6 Å². The molecule has 1 fully saturated rings. The Morgan fingerprint density at radius 2 is 1.61 bits per heavy atom. The lowest BCUT2D eigenvalue weighted by Crippen LogP contribution is -2.51. The third-order valence-corrected chi connectivity index (χ3v) is 8.42. The van der Waals surface area contributed by atoms with Crippen LogP contribution < -0.4 is 19.9 Å². The number of rotatable bonds is 6. The molecule has 0 bridgehead atoms. The SMILES string of the molecule is COc1cccc(CN2C(=O)N(Cc3ccccc3)c3cc(Cl)cc(N4CCNCC4)c3S2(=O)=O)c1. The highest BCUT2D eigenvalue weighted by molar-refractivity contribution is 7.90. The highest BCUT2D eigenvalue weighted by Gasteiger charge is 2.44. The summed E-state index contributed by atoms with van der Waals surface area (Å²) in [6, 6.07) is 19.2. The van der Waals surface area contributed by atoms with Gasteiger partial charge in [-0.1, -0.05) is 54.1 Å². The molecule has 0 radical (unpaired) electrons. The molecular weight excluding hydrogens is 500 g/mol.